The van der Waals surface area contributed by atoms with Crippen molar-refractivity contribution in [2.24, 2.45) is 0 Å². The number of rotatable bonds is 3. The lowest BCUT2D eigenvalue weighted by molar-refractivity contribution is 0.271. The molecule has 0 aliphatic rings. The maximum atomic E-state index is 12.0. The highest BCUT2D eigenvalue weighted by Crippen LogP contribution is 1.88. The van der Waals surface area contributed by atoms with E-state index in [1.807, 2.05) is 13.8 Å². The molecule has 0 saturated carbocycles. The third-order valence-electron chi connectivity index (χ3n) is 0.784. The van der Waals surface area contributed by atoms with Crippen molar-refractivity contribution in [3.63, 3.8) is 0 Å². The fourth-order valence-corrected chi connectivity index (χ4v) is 0.366. The molecule has 7 heavy (non-hydrogen) atoms. The second-order valence-electron chi connectivity index (χ2n) is 1.43. The van der Waals surface area contributed by atoms with Gasteiger partial charge in [0.1, 0.15) is 0 Å². The van der Waals surface area contributed by atoms with Crippen LogP contribution in [0.5, 0.6) is 0 Å². The Labute approximate surface area is 43.9 Å². The predicted molar refractivity (Wildman–Crippen MR) is 28.9 cm³/mol. The average molecular weight is 105 g/mol. The van der Waals surface area contributed by atoms with Crippen molar-refractivity contribution < 1.29 is 4.39 Å². The Hall–Kier alpha value is -0.110. The van der Waals surface area contributed by atoms with Crippen LogP contribution in [0.15, 0.2) is 0 Å². The van der Waals surface area contributed by atoms with Gasteiger partial charge in [-0.05, 0) is 13.0 Å². The zero-order valence-electron chi connectivity index (χ0n) is 4.87. The highest BCUT2D eigenvalue weighted by Gasteiger charge is 1.95. The molecule has 44 valence electrons. The van der Waals surface area contributed by atoms with Crippen molar-refractivity contribution in [2.45, 2.75) is 26.6 Å². The van der Waals surface area contributed by atoms with Crippen molar-refractivity contribution in [1.29, 1.82) is 0 Å². The molecular weight excluding hydrogens is 93.1 g/mol. The third kappa shape index (κ3) is 3.73. The molecule has 2 heteroatoms. The SMILES string of the molecule is CCNC(F)CC. The van der Waals surface area contributed by atoms with Gasteiger partial charge in [-0.3, -0.25) is 5.32 Å². The Balaban J connectivity index is 2.83. The van der Waals surface area contributed by atoms with Crippen molar-refractivity contribution in [3.8, 4) is 0 Å². The molecule has 0 radical (unpaired) electrons. The van der Waals surface area contributed by atoms with E-state index in [2.05, 4.69) is 5.32 Å². The molecule has 0 aliphatic heterocycles. The molecule has 0 spiro atoms. The van der Waals surface area contributed by atoms with Gasteiger partial charge >= 0.3 is 0 Å². The highest BCUT2D eigenvalue weighted by atomic mass is 19.1. The van der Waals surface area contributed by atoms with E-state index in [0.717, 1.165) is 6.54 Å². The third-order valence-corrected chi connectivity index (χ3v) is 0.784. The van der Waals surface area contributed by atoms with Gasteiger partial charge in [-0.15, -0.1) is 0 Å². The van der Waals surface area contributed by atoms with Crippen LogP contribution in [0.3, 0.4) is 0 Å². The van der Waals surface area contributed by atoms with Gasteiger partial charge in [0.05, 0.1) is 0 Å². The van der Waals surface area contributed by atoms with Crippen LogP contribution in [-0.4, -0.2) is 12.8 Å². The van der Waals surface area contributed by atoms with Gasteiger partial charge < -0.3 is 0 Å². The van der Waals surface area contributed by atoms with E-state index in [0.29, 0.717) is 6.42 Å². The van der Waals surface area contributed by atoms with Crippen molar-refractivity contribution in [2.75, 3.05) is 6.54 Å². The van der Waals surface area contributed by atoms with Crippen LogP contribution in [0.25, 0.3) is 0 Å². The Bertz CT molecular complexity index is 39.1. The van der Waals surface area contributed by atoms with Gasteiger partial charge in [0.2, 0.25) is 0 Å². The zero-order valence-corrected chi connectivity index (χ0v) is 4.87. The first kappa shape index (κ1) is 6.89. The molecule has 0 aromatic heterocycles. The minimum atomic E-state index is -0.801. The molecule has 0 saturated heterocycles. The number of alkyl halides is 1. The van der Waals surface area contributed by atoms with Gasteiger partial charge in [0.15, 0.2) is 6.30 Å². The Morgan fingerprint density at radius 2 is 2.14 bits per heavy atom. The second-order valence-corrected chi connectivity index (χ2v) is 1.43. The second kappa shape index (κ2) is 4.06. The number of hydrogen-bond acceptors (Lipinski definition) is 1. The van der Waals surface area contributed by atoms with E-state index in [4.69, 9.17) is 0 Å². The first-order chi connectivity index (χ1) is 3.31. The van der Waals surface area contributed by atoms with Crippen LogP contribution in [0.1, 0.15) is 20.3 Å². The summed E-state index contributed by atoms with van der Waals surface area (Å²) in [6.07, 6.45) is -0.238. The lowest BCUT2D eigenvalue weighted by Crippen LogP contribution is -2.22. The number of hydrogen-bond donors (Lipinski definition) is 1. The van der Waals surface area contributed by atoms with E-state index in [-0.39, 0.29) is 0 Å². The molecule has 1 N–H and O–H groups in total. The van der Waals surface area contributed by atoms with Gasteiger partial charge in [-0.1, -0.05) is 13.8 Å². The van der Waals surface area contributed by atoms with Crippen molar-refractivity contribution >= 4 is 0 Å². The van der Waals surface area contributed by atoms with Gasteiger partial charge in [0.25, 0.3) is 0 Å². The van der Waals surface area contributed by atoms with E-state index in [1.165, 1.54) is 0 Å². The first-order valence-electron chi connectivity index (χ1n) is 2.68. The summed E-state index contributed by atoms with van der Waals surface area (Å²) in [5.74, 6) is 0. The summed E-state index contributed by atoms with van der Waals surface area (Å²) >= 11 is 0. The molecule has 0 fully saturated rings. The Morgan fingerprint density at radius 1 is 1.57 bits per heavy atom. The lowest BCUT2D eigenvalue weighted by atomic mass is 10.4. The molecule has 0 heterocycles. The van der Waals surface area contributed by atoms with Gasteiger partial charge in [0, 0.05) is 0 Å². The smallest absolute Gasteiger partial charge is 0.150 e. The van der Waals surface area contributed by atoms with E-state index >= 15 is 0 Å². The van der Waals surface area contributed by atoms with Crippen LogP contribution in [0.4, 0.5) is 4.39 Å². The van der Waals surface area contributed by atoms with E-state index < -0.39 is 6.30 Å². The maximum absolute atomic E-state index is 12.0. The molecule has 0 amide bonds. The monoisotopic (exact) mass is 105 g/mol. The number of halogens is 1. The van der Waals surface area contributed by atoms with Crippen molar-refractivity contribution in [3.05, 3.63) is 0 Å². The molecule has 0 rings (SSSR count). The first-order valence-corrected chi connectivity index (χ1v) is 2.68. The van der Waals surface area contributed by atoms with E-state index in [9.17, 15) is 4.39 Å². The topological polar surface area (TPSA) is 12.0 Å². The highest BCUT2D eigenvalue weighted by molar-refractivity contribution is 4.44. The van der Waals surface area contributed by atoms with Crippen LogP contribution in [0.2, 0.25) is 0 Å². The molecule has 0 aliphatic carbocycles. The Kier molecular flexibility index (Phi) is 4.00. The van der Waals surface area contributed by atoms with Crippen LogP contribution < -0.4 is 5.32 Å². The standard InChI is InChI=1S/C5H12FN/c1-3-5(6)7-4-2/h5,7H,3-4H2,1-2H3. The largest absolute Gasteiger partial charge is 0.288 e. The minimum Gasteiger partial charge on any atom is -0.288 e. The maximum Gasteiger partial charge on any atom is 0.150 e. The zero-order chi connectivity index (χ0) is 5.70. The summed E-state index contributed by atoms with van der Waals surface area (Å²) in [6.45, 7) is 4.42. The van der Waals surface area contributed by atoms with Crippen LogP contribution in [-0.2, 0) is 0 Å². The van der Waals surface area contributed by atoms with Crippen LogP contribution in [0, 0.1) is 0 Å². The minimum absolute atomic E-state index is 0.563. The van der Waals surface area contributed by atoms with Crippen LogP contribution >= 0.6 is 0 Å². The quantitative estimate of drug-likeness (QED) is 0.533. The molecule has 0 bridgehead atoms. The molecule has 1 unspecified atom stereocenters. The molecule has 0 aromatic rings. The summed E-state index contributed by atoms with van der Waals surface area (Å²) in [5, 5.41) is 2.63. The summed E-state index contributed by atoms with van der Waals surface area (Å²) in [7, 11) is 0. The molecular formula is C5H12FN. The normalized spacial score (nSPS) is 14.1. The summed E-state index contributed by atoms with van der Waals surface area (Å²) in [5.41, 5.74) is 0. The summed E-state index contributed by atoms with van der Waals surface area (Å²) in [6, 6.07) is 0. The van der Waals surface area contributed by atoms with Gasteiger partial charge in [-0.2, -0.15) is 0 Å². The number of nitrogens with one attached hydrogen (secondary N) is 1. The fourth-order valence-electron chi connectivity index (χ4n) is 0.366. The van der Waals surface area contributed by atoms with Gasteiger partial charge in [-0.25, -0.2) is 4.39 Å². The van der Waals surface area contributed by atoms with Crippen molar-refractivity contribution in [1.82, 2.24) is 5.32 Å². The average Bonchev–Trinajstić information content (AvgIpc) is 1.68. The molecule has 1 atom stereocenters. The lowest BCUT2D eigenvalue weighted by Gasteiger charge is -2.02. The molecule has 0 aromatic carbocycles. The Morgan fingerprint density at radius 3 is 2.29 bits per heavy atom. The summed E-state index contributed by atoms with van der Waals surface area (Å²) in [4.78, 5) is 0. The predicted octanol–water partition coefficient (Wildman–Crippen LogP) is 1.30. The van der Waals surface area contributed by atoms with E-state index in [1.54, 1.807) is 0 Å². The fraction of sp³-hybridized carbons (Fsp3) is 1.00. The molecule has 1 nitrogen and oxygen atoms in total. The summed E-state index contributed by atoms with van der Waals surface area (Å²) < 4.78 is 12.0.